The van der Waals surface area contributed by atoms with Crippen molar-refractivity contribution < 1.29 is 22.7 Å². The summed E-state index contributed by atoms with van der Waals surface area (Å²) in [6, 6.07) is 4.87. The second kappa shape index (κ2) is 7.74. The Morgan fingerprint density at radius 1 is 1.30 bits per heavy atom. The third kappa shape index (κ3) is 5.92. The van der Waals surface area contributed by atoms with E-state index in [-0.39, 0.29) is 18.9 Å². The smallest absolute Gasteiger partial charge is 0.385 e. The van der Waals surface area contributed by atoms with Gasteiger partial charge in [0.1, 0.15) is 0 Å². The largest absolute Gasteiger partial charge is 0.416 e. The number of amides is 1. The van der Waals surface area contributed by atoms with Crippen molar-refractivity contribution in [3.8, 4) is 0 Å². The minimum absolute atomic E-state index is 0.179. The lowest BCUT2D eigenvalue weighted by Crippen LogP contribution is -2.28. The van der Waals surface area contributed by atoms with Crippen LogP contribution >= 0.6 is 0 Å². The summed E-state index contributed by atoms with van der Waals surface area (Å²) in [6.07, 6.45) is -4.19. The summed E-state index contributed by atoms with van der Waals surface area (Å²) < 4.78 is 42.2. The van der Waals surface area contributed by atoms with Crippen molar-refractivity contribution in [2.45, 2.75) is 12.6 Å². The maximum absolute atomic E-state index is 12.5. The molecule has 0 heterocycles. The van der Waals surface area contributed by atoms with E-state index in [2.05, 4.69) is 10.6 Å². The van der Waals surface area contributed by atoms with Crippen molar-refractivity contribution in [2.24, 2.45) is 0 Å². The van der Waals surface area contributed by atoms with Crippen LogP contribution in [-0.4, -0.2) is 32.7 Å². The highest BCUT2D eigenvalue weighted by atomic mass is 19.4. The summed E-state index contributed by atoms with van der Waals surface area (Å²) in [7, 11) is 1.53. The molecule has 0 aliphatic carbocycles. The number of alkyl halides is 3. The zero-order chi connectivity index (χ0) is 15.0. The zero-order valence-electron chi connectivity index (χ0n) is 11.1. The number of rotatable bonds is 7. The first-order valence-corrected chi connectivity index (χ1v) is 6.10. The molecule has 1 aromatic rings. The van der Waals surface area contributed by atoms with Gasteiger partial charge in [0, 0.05) is 32.3 Å². The molecule has 112 valence electrons. The van der Waals surface area contributed by atoms with E-state index in [9.17, 15) is 18.0 Å². The normalized spacial score (nSPS) is 11.2. The van der Waals surface area contributed by atoms with Crippen LogP contribution in [0.3, 0.4) is 0 Å². The fourth-order valence-electron chi connectivity index (χ4n) is 1.51. The van der Waals surface area contributed by atoms with Crippen LogP contribution in [0, 0.1) is 0 Å². The van der Waals surface area contributed by atoms with Gasteiger partial charge in [-0.2, -0.15) is 13.2 Å². The molecule has 0 unspecified atom stereocenters. The number of nitrogens with one attached hydrogen (secondary N) is 2. The van der Waals surface area contributed by atoms with Gasteiger partial charge in [-0.25, -0.2) is 0 Å². The highest BCUT2D eigenvalue weighted by Gasteiger charge is 2.30. The van der Waals surface area contributed by atoms with Crippen LogP contribution in [0.2, 0.25) is 0 Å². The Hall–Kier alpha value is -1.76. The van der Waals surface area contributed by atoms with E-state index < -0.39 is 11.7 Å². The average Bonchev–Trinajstić information content (AvgIpc) is 2.38. The van der Waals surface area contributed by atoms with Crippen molar-refractivity contribution in [1.29, 1.82) is 0 Å². The van der Waals surface area contributed by atoms with E-state index in [1.807, 2.05) is 0 Å². The molecule has 4 nitrogen and oxygen atoms in total. The van der Waals surface area contributed by atoms with Gasteiger partial charge in [-0.15, -0.1) is 0 Å². The standard InChI is InChI=1S/C13H17F3N2O2/c1-20-8-7-18-12(19)5-6-17-11-4-2-3-10(9-11)13(14,15)16/h2-4,9,17H,5-8H2,1H3,(H,18,19). The first-order chi connectivity index (χ1) is 9.43. The summed E-state index contributed by atoms with van der Waals surface area (Å²) in [5, 5.41) is 5.41. The van der Waals surface area contributed by atoms with E-state index in [4.69, 9.17) is 4.74 Å². The van der Waals surface area contributed by atoms with Crippen LogP contribution in [0.5, 0.6) is 0 Å². The van der Waals surface area contributed by atoms with E-state index in [1.54, 1.807) is 0 Å². The first kappa shape index (κ1) is 16.3. The number of ether oxygens (including phenoxy) is 1. The number of anilines is 1. The zero-order valence-corrected chi connectivity index (χ0v) is 11.1. The lowest BCUT2D eigenvalue weighted by Gasteiger charge is -2.10. The number of hydrogen-bond acceptors (Lipinski definition) is 3. The Kier molecular flexibility index (Phi) is 6.30. The number of benzene rings is 1. The molecule has 20 heavy (non-hydrogen) atoms. The topological polar surface area (TPSA) is 50.4 Å². The Bertz CT molecular complexity index is 436. The predicted octanol–water partition coefficient (Wildman–Crippen LogP) is 2.27. The quantitative estimate of drug-likeness (QED) is 0.757. The fraction of sp³-hybridized carbons (Fsp3) is 0.462. The summed E-state index contributed by atoms with van der Waals surface area (Å²) in [4.78, 5) is 11.3. The molecule has 0 bridgehead atoms. The van der Waals surface area contributed by atoms with E-state index in [1.165, 1.54) is 19.2 Å². The van der Waals surface area contributed by atoms with E-state index in [0.717, 1.165) is 12.1 Å². The van der Waals surface area contributed by atoms with Gasteiger partial charge in [-0.3, -0.25) is 4.79 Å². The van der Waals surface area contributed by atoms with Crippen molar-refractivity contribution in [2.75, 3.05) is 32.1 Å². The van der Waals surface area contributed by atoms with Gasteiger partial charge in [-0.1, -0.05) is 6.07 Å². The van der Waals surface area contributed by atoms with Gasteiger partial charge in [0.2, 0.25) is 5.91 Å². The van der Waals surface area contributed by atoms with Crippen LogP contribution in [0.4, 0.5) is 18.9 Å². The molecule has 2 N–H and O–H groups in total. The Morgan fingerprint density at radius 2 is 2.05 bits per heavy atom. The van der Waals surface area contributed by atoms with Gasteiger partial charge >= 0.3 is 6.18 Å². The van der Waals surface area contributed by atoms with Gasteiger partial charge in [-0.05, 0) is 18.2 Å². The molecule has 0 fully saturated rings. The van der Waals surface area contributed by atoms with Crippen molar-refractivity contribution >= 4 is 11.6 Å². The number of halogens is 3. The third-order valence-corrected chi connectivity index (χ3v) is 2.50. The molecule has 0 aromatic heterocycles. The minimum Gasteiger partial charge on any atom is -0.385 e. The summed E-state index contributed by atoms with van der Waals surface area (Å²) >= 11 is 0. The van der Waals surface area contributed by atoms with Gasteiger partial charge in [0.05, 0.1) is 12.2 Å². The first-order valence-electron chi connectivity index (χ1n) is 6.10. The summed E-state index contributed by atoms with van der Waals surface area (Å²) in [6.45, 7) is 1.10. The molecule has 1 amide bonds. The van der Waals surface area contributed by atoms with Crippen molar-refractivity contribution in [1.82, 2.24) is 5.32 Å². The second-order valence-electron chi connectivity index (χ2n) is 4.10. The molecule has 0 aliphatic rings. The lowest BCUT2D eigenvalue weighted by atomic mass is 10.2. The molecular weight excluding hydrogens is 273 g/mol. The van der Waals surface area contributed by atoms with Crippen LogP contribution in [0.25, 0.3) is 0 Å². The summed E-state index contributed by atoms with van der Waals surface area (Å²) in [5.41, 5.74) is -0.378. The minimum atomic E-state index is -4.37. The average molecular weight is 290 g/mol. The second-order valence-corrected chi connectivity index (χ2v) is 4.10. The molecule has 1 rings (SSSR count). The Labute approximate surface area is 115 Å². The molecule has 0 saturated heterocycles. The van der Waals surface area contributed by atoms with Crippen LogP contribution in [-0.2, 0) is 15.7 Å². The van der Waals surface area contributed by atoms with Crippen LogP contribution < -0.4 is 10.6 Å². The van der Waals surface area contributed by atoms with Crippen LogP contribution in [0.1, 0.15) is 12.0 Å². The molecule has 0 atom stereocenters. The maximum Gasteiger partial charge on any atom is 0.416 e. The highest BCUT2D eigenvalue weighted by molar-refractivity contribution is 5.76. The van der Waals surface area contributed by atoms with Gasteiger partial charge in [0.25, 0.3) is 0 Å². The molecule has 0 aliphatic heterocycles. The number of carbonyl (C=O) groups is 1. The van der Waals surface area contributed by atoms with E-state index >= 15 is 0 Å². The molecule has 7 heteroatoms. The van der Waals surface area contributed by atoms with Crippen molar-refractivity contribution in [3.63, 3.8) is 0 Å². The molecule has 0 saturated carbocycles. The Balaban J connectivity index is 2.37. The third-order valence-electron chi connectivity index (χ3n) is 2.50. The number of carbonyl (C=O) groups excluding carboxylic acids is 1. The monoisotopic (exact) mass is 290 g/mol. The van der Waals surface area contributed by atoms with Crippen molar-refractivity contribution in [3.05, 3.63) is 29.8 Å². The predicted molar refractivity (Wildman–Crippen MR) is 69.4 cm³/mol. The number of methoxy groups -OCH3 is 1. The van der Waals surface area contributed by atoms with Crippen LogP contribution in [0.15, 0.2) is 24.3 Å². The SMILES string of the molecule is COCCNC(=O)CCNc1cccc(C(F)(F)F)c1. The van der Waals surface area contributed by atoms with Gasteiger partial charge in [0.15, 0.2) is 0 Å². The highest BCUT2D eigenvalue weighted by Crippen LogP contribution is 2.30. The fourth-order valence-corrected chi connectivity index (χ4v) is 1.51. The van der Waals surface area contributed by atoms with Gasteiger partial charge < -0.3 is 15.4 Å². The van der Waals surface area contributed by atoms with E-state index in [0.29, 0.717) is 18.8 Å². The molecule has 0 spiro atoms. The molecule has 0 radical (unpaired) electrons. The molecular formula is C13H17F3N2O2. The maximum atomic E-state index is 12.5. The Morgan fingerprint density at radius 3 is 2.70 bits per heavy atom. The molecule has 1 aromatic carbocycles. The lowest BCUT2D eigenvalue weighted by molar-refractivity contribution is -0.137. The summed E-state index contributed by atoms with van der Waals surface area (Å²) in [5.74, 6) is -0.179. The number of hydrogen-bond donors (Lipinski definition) is 2.